The summed E-state index contributed by atoms with van der Waals surface area (Å²) in [6.07, 6.45) is 2.21. The van der Waals surface area contributed by atoms with Crippen LogP contribution >= 0.6 is 11.8 Å². The zero-order valence-corrected chi connectivity index (χ0v) is 5.30. The molecule has 1 aromatic heterocycles. The van der Waals surface area contributed by atoms with Gasteiger partial charge in [-0.1, -0.05) is 0 Å². The van der Waals surface area contributed by atoms with Gasteiger partial charge in [-0.25, -0.2) is 4.09 Å². The van der Waals surface area contributed by atoms with Crippen LogP contribution < -0.4 is 5.32 Å². The Bertz CT molecular complexity index is 208. The van der Waals surface area contributed by atoms with Crippen LogP contribution in [0.1, 0.15) is 0 Å². The zero-order chi connectivity index (χ0) is 6.69. The van der Waals surface area contributed by atoms with E-state index in [0.29, 0.717) is 12.2 Å². The first-order chi connectivity index (χ1) is 4.34. The number of carbonyl (C=O) groups is 1. The number of anilines is 1. The molecule has 4 heteroatoms. The highest BCUT2D eigenvalue weighted by Crippen LogP contribution is 2.07. The van der Waals surface area contributed by atoms with Crippen molar-refractivity contribution in [1.29, 1.82) is 0 Å². The quantitative estimate of drug-likeness (QED) is 0.619. The van der Waals surface area contributed by atoms with Crippen molar-refractivity contribution >= 4 is 24.0 Å². The van der Waals surface area contributed by atoms with Crippen molar-refractivity contribution < 1.29 is 4.79 Å². The number of hydrogen-bond acceptors (Lipinski definition) is 1. The standard InChI is InChI=1S/C5H5ClN2O/c6-8-3-1-2-5(8)7-4-9/h1-4H,(H,7,9). The molecule has 1 heterocycles. The summed E-state index contributed by atoms with van der Waals surface area (Å²) in [5.41, 5.74) is 0. The third-order valence-corrected chi connectivity index (χ3v) is 1.20. The summed E-state index contributed by atoms with van der Waals surface area (Å²) < 4.78 is 1.30. The summed E-state index contributed by atoms with van der Waals surface area (Å²) in [4.78, 5) is 9.84. The second-order valence-corrected chi connectivity index (χ2v) is 1.83. The van der Waals surface area contributed by atoms with Gasteiger partial charge in [-0.2, -0.15) is 0 Å². The number of carbonyl (C=O) groups excluding carboxylic acids is 1. The summed E-state index contributed by atoms with van der Waals surface area (Å²) in [6.45, 7) is 0. The molecular weight excluding hydrogens is 140 g/mol. The molecule has 0 aliphatic rings. The van der Waals surface area contributed by atoms with Crippen LogP contribution in [0.5, 0.6) is 0 Å². The highest BCUT2D eigenvalue weighted by molar-refractivity contribution is 6.17. The third kappa shape index (κ3) is 1.23. The average Bonchev–Trinajstić information content (AvgIpc) is 2.18. The SMILES string of the molecule is O=CNc1cccn1Cl. The Labute approximate surface area is 57.3 Å². The fourth-order valence-electron chi connectivity index (χ4n) is 0.531. The smallest absolute Gasteiger partial charge is 0.212 e. The minimum atomic E-state index is 0.576. The van der Waals surface area contributed by atoms with Crippen molar-refractivity contribution in [3.05, 3.63) is 18.3 Å². The van der Waals surface area contributed by atoms with Crippen LogP contribution in [-0.4, -0.2) is 10.5 Å². The van der Waals surface area contributed by atoms with Crippen molar-refractivity contribution in [3.63, 3.8) is 0 Å². The summed E-state index contributed by atoms with van der Waals surface area (Å²) >= 11 is 5.51. The molecule has 1 rings (SSSR count). The van der Waals surface area contributed by atoms with E-state index in [1.165, 1.54) is 4.09 Å². The van der Waals surface area contributed by atoms with Crippen molar-refractivity contribution in [3.8, 4) is 0 Å². The van der Waals surface area contributed by atoms with Gasteiger partial charge in [0.15, 0.2) is 0 Å². The second kappa shape index (κ2) is 2.55. The van der Waals surface area contributed by atoms with E-state index < -0.39 is 0 Å². The van der Waals surface area contributed by atoms with Crippen molar-refractivity contribution in [1.82, 2.24) is 4.09 Å². The molecule has 0 bridgehead atoms. The minimum absolute atomic E-state index is 0.576. The largest absolute Gasteiger partial charge is 0.314 e. The van der Waals surface area contributed by atoms with Gasteiger partial charge in [-0.3, -0.25) is 4.79 Å². The summed E-state index contributed by atoms with van der Waals surface area (Å²) in [6, 6.07) is 3.43. The Balaban J connectivity index is 2.80. The van der Waals surface area contributed by atoms with E-state index in [9.17, 15) is 4.79 Å². The maximum atomic E-state index is 9.84. The Morgan fingerprint density at radius 2 is 2.56 bits per heavy atom. The average molecular weight is 145 g/mol. The monoisotopic (exact) mass is 144 g/mol. The van der Waals surface area contributed by atoms with E-state index >= 15 is 0 Å². The van der Waals surface area contributed by atoms with Gasteiger partial charge in [-0.05, 0) is 12.1 Å². The molecule has 9 heavy (non-hydrogen) atoms. The first-order valence-corrected chi connectivity index (χ1v) is 2.72. The summed E-state index contributed by atoms with van der Waals surface area (Å²) in [5.74, 6) is 0.576. The molecule has 0 unspecified atom stereocenters. The van der Waals surface area contributed by atoms with Gasteiger partial charge in [0.1, 0.15) is 5.82 Å². The molecule has 0 fully saturated rings. The van der Waals surface area contributed by atoms with Crippen molar-refractivity contribution in [2.75, 3.05) is 5.32 Å². The number of rotatable bonds is 2. The molecule has 48 valence electrons. The van der Waals surface area contributed by atoms with E-state index in [2.05, 4.69) is 5.32 Å². The molecule has 1 N–H and O–H groups in total. The Hall–Kier alpha value is -0.960. The van der Waals surface area contributed by atoms with Crippen molar-refractivity contribution in [2.45, 2.75) is 0 Å². The number of amides is 1. The van der Waals surface area contributed by atoms with E-state index in [4.69, 9.17) is 11.8 Å². The maximum absolute atomic E-state index is 9.84. The lowest BCUT2D eigenvalue weighted by Crippen LogP contribution is -1.95. The first kappa shape index (κ1) is 6.16. The Morgan fingerprint density at radius 3 is 3.00 bits per heavy atom. The summed E-state index contributed by atoms with van der Waals surface area (Å²) in [5, 5.41) is 2.41. The number of aromatic nitrogens is 1. The van der Waals surface area contributed by atoms with Crippen LogP contribution in [0.3, 0.4) is 0 Å². The summed E-state index contributed by atoms with van der Waals surface area (Å²) in [7, 11) is 0. The van der Waals surface area contributed by atoms with Crippen LogP contribution in [-0.2, 0) is 4.79 Å². The Morgan fingerprint density at radius 1 is 1.78 bits per heavy atom. The van der Waals surface area contributed by atoms with Gasteiger partial charge in [0.2, 0.25) is 6.41 Å². The number of nitrogens with one attached hydrogen (secondary N) is 1. The molecule has 1 aromatic rings. The van der Waals surface area contributed by atoms with Gasteiger partial charge in [0, 0.05) is 18.0 Å². The van der Waals surface area contributed by atoms with E-state index in [1.54, 1.807) is 18.3 Å². The lowest BCUT2D eigenvalue weighted by molar-refractivity contribution is -0.105. The third-order valence-electron chi connectivity index (χ3n) is 0.908. The fraction of sp³-hybridized carbons (Fsp3) is 0. The highest BCUT2D eigenvalue weighted by Gasteiger charge is 1.92. The highest BCUT2D eigenvalue weighted by atomic mass is 35.5. The lowest BCUT2D eigenvalue weighted by atomic mass is 10.6. The predicted molar refractivity (Wildman–Crippen MR) is 35.4 cm³/mol. The minimum Gasteiger partial charge on any atom is -0.314 e. The van der Waals surface area contributed by atoms with E-state index in [0.717, 1.165) is 0 Å². The van der Waals surface area contributed by atoms with Gasteiger partial charge >= 0.3 is 0 Å². The number of halogens is 1. The molecule has 1 amide bonds. The topological polar surface area (TPSA) is 34.0 Å². The van der Waals surface area contributed by atoms with Crippen molar-refractivity contribution in [2.24, 2.45) is 0 Å². The molecule has 0 aliphatic heterocycles. The molecule has 0 spiro atoms. The molecule has 0 atom stereocenters. The van der Waals surface area contributed by atoms with Gasteiger partial charge in [0.05, 0.1) is 0 Å². The number of nitrogens with zero attached hydrogens (tertiary/aromatic N) is 1. The first-order valence-electron chi connectivity index (χ1n) is 2.38. The molecule has 0 radical (unpaired) electrons. The normalized spacial score (nSPS) is 9.00. The van der Waals surface area contributed by atoms with Gasteiger partial charge in [0.25, 0.3) is 0 Å². The fourth-order valence-corrected chi connectivity index (χ4v) is 0.702. The van der Waals surface area contributed by atoms with Gasteiger partial charge in [-0.15, -0.1) is 0 Å². The molecule has 0 aliphatic carbocycles. The zero-order valence-electron chi connectivity index (χ0n) is 4.54. The molecule has 0 saturated carbocycles. The molecule has 3 nitrogen and oxygen atoms in total. The van der Waals surface area contributed by atoms with Crippen LogP contribution in [0, 0.1) is 0 Å². The van der Waals surface area contributed by atoms with E-state index in [-0.39, 0.29) is 0 Å². The maximum Gasteiger partial charge on any atom is 0.212 e. The molecule has 0 saturated heterocycles. The second-order valence-electron chi connectivity index (χ2n) is 1.47. The van der Waals surface area contributed by atoms with Gasteiger partial charge < -0.3 is 5.32 Å². The van der Waals surface area contributed by atoms with Crippen LogP contribution in [0.4, 0.5) is 5.82 Å². The van der Waals surface area contributed by atoms with Crippen LogP contribution in [0.2, 0.25) is 0 Å². The predicted octanol–water partition coefficient (Wildman–Crippen LogP) is 1.06. The van der Waals surface area contributed by atoms with Crippen LogP contribution in [0.25, 0.3) is 0 Å². The molecule has 0 aromatic carbocycles. The number of hydrogen-bond donors (Lipinski definition) is 1. The molecular formula is C5H5ClN2O. The lowest BCUT2D eigenvalue weighted by Gasteiger charge is -1.94. The van der Waals surface area contributed by atoms with Crippen LogP contribution in [0.15, 0.2) is 18.3 Å². The Kier molecular flexibility index (Phi) is 1.75. The van der Waals surface area contributed by atoms with E-state index in [1.807, 2.05) is 0 Å².